The summed E-state index contributed by atoms with van der Waals surface area (Å²) in [5.74, 6) is 0.197. The lowest BCUT2D eigenvalue weighted by molar-refractivity contribution is -0.134. The molecule has 3 saturated heterocycles. The predicted octanol–water partition coefficient (Wildman–Crippen LogP) is 1.24. The second-order valence-corrected chi connectivity index (χ2v) is 8.27. The van der Waals surface area contributed by atoms with Crippen molar-refractivity contribution >= 4 is 12.0 Å². The first-order valence-electron chi connectivity index (χ1n) is 10.1. The predicted molar refractivity (Wildman–Crippen MR) is 100 cm³/mol. The number of likely N-dealkylation sites (N-methyl/N-ethyl adjacent to an activating group) is 1. The van der Waals surface area contributed by atoms with Gasteiger partial charge in [-0.25, -0.2) is 4.79 Å². The number of nitrogens with zero attached hydrogens (tertiary/aromatic N) is 4. The minimum absolute atomic E-state index is 0.173. The van der Waals surface area contributed by atoms with Crippen molar-refractivity contribution in [2.75, 3.05) is 59.9 Å². The quantitative estimate of drug-likeness (QED) is 0.708. The molecule has 148 valence electrons. The molecule has 7 heteroatoms. The number of piperidine rings is 1. The molecule has 3 heterocycles. The van der Waals surface area contributed by atoms with Crippen LogP contribution in [0.2, 0.25) is 0 Å². The van der Waals surface area contributed by atoms with Crippen molar-refractivity contribution < 1.29 is 14.3 Å². The zero-order valence-electron chi connectivity index (χ0n) is 16.6. The molecule has 3 aliphatic heterocycles. The number of amides is 2. The summed E-state index contributed by atoms with van der Waals surface area (Å²) in [5, 5.41) is 0. The molecule has 0 radical (unpaired) electrons. The van der Waals surface area contributed by atoms with E-state index in [1.807, 2.05) is 16.7 Å². The summed E-state index contributed by atoms with van der Waals surface area (Å²) in [7, 11) is 4.29. The van der Waals surface area contributed by atoms with Crippen molar-refractivity contribution in [3.05, 3.63) is 0 Å². The number of carbonyl (C=O) groups is 2. The molecule has 0 aromatic heterocycles. The maximum absolute atomic E-state index is 12.3. The van der Waals surface area contributed by atoms with Gasteiger partial charge in [-0.15, -0.1) is 0 Å². The lowest BCUT2D eigenvalue weighted by Crippen LogP contribution is -2.48. The topological polar surface area (TPSA) is 56.3 Å². The second-order valence-electron chi connectivity index (χ2n) is 8.27. The van der Waals surface area contributed by atoms with E-state index in [1.54, 1.807) is 0 Å². The summed E-state index contributed by atoms with van der Waals surface area (Å²) in [6.45, 7) is 8.06. The molecule has 2 amide bonds. The smallest absolute Gasteiger partial charge is 0.410 e. The Hall–Kier alpha value is -1.34. The molecule has 1 spiro atoms. The van der Waals surface area contributed by atoms with Gasteiger partial charge in [0.2, 0.25) is 5.91 Å². The van der Waals surface area contributed by atoms with Gasteiger partial charge in [0.05, 0.1) is 6.54 Å². The van der Waals surface area contributed by atoms with Crippen molar-refractivity contribution in [1.82, 2.24) is 19.6 Å². The van der Waals surface area contributed by atoms with E-state index >= 15 is 0 Å². The fourth-order valence-corrected chi connectivity index (χ4v) is 4.43. The van der Waals surface area contributed by atoms with Crippen molar-refractivity contribution in [1.29, 1.82) is 0 Å². The standard InChI is InChI=1S/C19H34N4O3/c1-4-17(24)22-12-7-19(8-13-22)15-23(18(25)26-19)10-5-9-21-11-6-16(14-21)20(2)3/h16H,4-15H2,1-3H3. The highest BCUT2D eigenvalue weighted by Gasteiger charge is 2.47. The van der Waals surface area contributed by atoms with Crippen LogP contribution in [-0.2, 0) is 9.53 Å². The molecule has 1 unspecified atom stereocenters. The lowest BCUT2D eigenvalue weighted by atomic mass is 9.91. The minimum atomic E-state index is -0.370. The molecule has 0 saturated carbocycles. The molecule has 0 N–H and O–H groups in total. The van der Waals surface area contributed by atoms with E-state index in [4.69, 9.17) is 4.74 Å². The van der Waals surface area contributed by atoms with Crippen LogP contribution in [0.1, 0.15) is 39.0 Å². The number of ether oxygens (including phenoxy) is 1. The first-order chi connectivity index (χ1) is 12.4. The third kappa shape index (κ3) is 4.31. The first-order valence-corrected chi connectivity index (χ1v) is 10.1. The van der Waals surface area contributed by atoms with E-state index in [9.17, 15) is 9.59 Å². The van der Waals surface area contributed by atoms with Gasteiger partial charge in [0.25, 0.3) is 0 Å². The minimum Gasteiger partial charge on any atom is -0.441 e. The first kappa shape index (κ1) is 19.4. The van der Waals surface area contributed by atoms with E-state index in [2.05, 4.69) is 23.9 Å². The van der Waals surface area contributed by atoms with Crippen molar-refractivity contribution in [3.8, 4) is 0 Å². The molecule has 3 aliphatic rings. The molecule has 3 rings (SSSR count). The summed E-state index contributed by atoms with van der Waals surface area (Å²) >= 11 is 0. The van der Waals surface area contributed by atoms with Crippen LogP contribution in [0.25, 0.3) is 0 Å². The highest BCUT2D eigenvalue weighted by molar-refractivity contribution is 5.76. The SMILES string of the molecule is CCC(=O)N1CCC2(CC1)CN(CCCN1CCC(N(C)C)C1)C(=O)O2. The van der Waals surface area contributed by atoms with Crippen molar-refractivity contribution in [2.45, 2.75) is 50.7 Å². The second kappa shape index (κ2) is 8.13. The van der Waals surface area contributed by atoms with Crippen LogP contribution < -0.4 is 0 Å². The Morgan fingerprint density at radius 1 is 1.23 bits per heavy atom. The molecular formula is C19H34N4O3. The summed E-state index contributed by atoms with van der Waals surface area (Å²) in [6.07, 6.45) is 4.12. The van der Waals surface area contributed by atoms with Gasteiger partial charge in [0.15, 0.2) is 0 Å². The number of hydrogen-bond donors (Lipinski definition) is 0. The molecule has 0 bridgehead atoms. The van der Waals surface area contributed by atoms with Crippen molar-refractivity contribution in [2.24, 2.45) is 0 Å². The fourth-order valence-electron chi connectivity index (χ4n) is 4.43. The van der Waals surface area contributed by atoms with E-state index in [0.29, 0.717) is 32.1 Å². The number of rotatable bonds is 6. The Morgan fingerprint density at radius 2 is 1.96 bits per heavy atom. The van der Waals surface area contributed by atoms with E-state index in [0.717, 1.165) is 45.4 Å². The summed E-state index contributed by atoms with van der Waals surface area (Å²) < 4.78 is 5.76. The van der Waals surface area contributed by atoms with Gasteiger partial charge in [0, 0.05) is 51.5 Å². The molecule has 7 nitrogen and oxygen atoms in total. The van der Waals surface area contributed by atoms with Crippen LogP contribution in [0, 0.1) is 0 Å². The Kier molecular flexibility index (Phi) is 6.07. The van der Waals surface area contributed by atoms with Crippen LogP contribution >= 0.6 is 0 Å². The third-order valence-electron chi connectivity index (χ3n) is 6.25. The van der Waals surface area contributed by atoms with Crippen LogP contribution in [0.3, 0.4) is 0 Å². The number of likely N-dealkylation sites (tertiary alicyclic amines) is 2. The molecule has 0 aromatic rings. The van der Waals surface area contributed by atoms with Crippen LogP contribution in [0.4, 0.5) is 4.79 Å². The molecule has 3 fully saturated rings. The molecule has 26 heavy (non-hydrogen) atoms. The van der Waals surface area contributed by atoms with Gasteiger partial charge < -0.3 is 24.3 Å². The van der Waals surface area contributed by atoms with Gasteiger partial charge in [-0.05, 0) is 40.0 Å². The summed E-state index contributed by atoms with van der Waals surface area (Å²) in [4.78, 5) is 32.7. The van der Waals surface area contributed by atoms with Crippen LogP contribution in [0.15, 0.2) is 0 Å². The normalized spacial score (nSPS) is 26.2. The maximum atomic E-state index is 12.3. The van der Waals surface area contributed by atoms with Crippen LogP contribution in [0.5, 0.6) is 0 Å². The van der Waals surface area contributed by atoms with Crippen LogP contribution in [-0.4, -0.2) is 103 Å². The Balaban J connectivity index is 1.41. The Morgan fingerprint density at radius 3 is 2.58 bits per heavy atom. The van der Waals surface area contributed by atoms with E-state index < -0.39 is 0 Å². The lowest BCUT2D eigenvalue weighted by Gasteiger charge is -2.37. The summed E-state index contributed by atoms with van der Waals surface area (Å²) in [5.41, 5.74) is -0.370. The average molecular weight is 367 g/mol. The zero-order chi connectivity index (χ0) is 18.7. The zero-order valence-corrected chi connectivity index (χ0v) is 16.6. The Labute approximate surface area is 157 Å². The molecule has 0 aliphatic carbocycles. The van der Waals surface area contributed by atoms with Gasteiger partial charge in [-0.1, -0.05) is 6.92 Å². The van der Waals surface area contributed by atoms with Gasteiger partial charge in [0.1, 0.15) is 5.60 Å². The largest absolute Gasteiger partial charge is 0.441 e. The molecule has 0 aromatic carbocycles. The summed E-state index contributed by atoms with van der Waals surface area (Å²) in [6, 6.07) is 0.658. The highest BCUT2D eigenvalue weighted by Crippen LogP contribution is 2.33. The fraction of sp³-hybridized carbons (Fsp3) is 0.895. The molecule has 1 atom stereocenters. The Bertz CT molecular complexity index is 517. The third-order valence-corrected chi connectivity index (χ3v) is 6.25. The average Bonchev–Trinajstić information content (AvgIpc) is 3.21. The van der Waals surface area contributed by atoms with E-state index in [1.165, 1.54) is 6.42 Å². The van der Waals surface area contributed by atoms with Gasteiger partial charge in [-0.3, -0.25) is 4.79 Å². The van der Waals surface area contributed by atoms with Crippen molar-refractivity contribution in [3.63, 3.8) is 0 Å². The van der Waals surface area contributed by atoms with Gasteiger partial charge >= 0.3 is 6.09 Å². The molecular weight excluding hydrogens is 332 g/mol. The number of hydrogen-bond acceptors (Lipinski definition) is 5. The van der Waals surface area contributed by atoms with Gasteiger partial charge in [-0.2, -0.15) is 0 Å². The monoisotopic (exact) mass is 366 g/mol. The number of carbonyl (C=O) groups excluding carboxylic acids is 2. The highest BCUT2D eigenvalue weighted by atomic mass is 16.6. The maximum Gasteiger partial charge on any atom is 0.410 e. The van der Waals surface area contributed by atoms with E-state index in [-0.39, 0.29) is 17.6 Å².